The minimum absolute atomic E-state index is 0.0833. The minimum Gasteiger partial charge on any atom is -0.372 e. The topological polar surface area (TPSA) is 72.2 Å². The lowest BCUT2D eigenvalue weighted by molar-refractivity contribution is -0.122. The van der Waals surface area contributed by atoms with Crippen LogP contribution in [-0.4, -0.2) is 25.7 Å². The predicted octanol–water partition coefficient (Wildman–Crippen LogP) is -0.691. The molecular weight excluding hydrogens is 122 g/mol. The Morgan fingerprint density at radius 3 is 2.67 bits per heavy atom. The lowest BCUT2D eigenvalue weighted by atomic mass is 10.5. The van der Waals surface area contributed by atoms with Gasteiger partial charge in [0.2, 0.25) is 5.91 Å². The molecule has 0 heterocycles. The lowest BCUT2D eigenvalue weighted by Crippen LogP contribution is -2.18. The number of nitrogens with two attached hydrogens (primary N) is 1. The molecule has 4 heteroatoms. The van der Waals surface area contributed by atoms with E-state index in [0.29, 0.717) is 13.0 Å². The highest BCUT2D eigenvalue weighted by Gasteiger charge is 1.91. The first-order valence-electron chi connectivity index (χ1n) is 2.71. The van der Waals surface area contributed by atoms with E-state index in [0.717, 1.165) is 0 Å². The first-order chi connectivity index (χ1) is 4.27. The SMILES string of the molecule is NC(=O)COCCC[O]. The summed E-state index contributed by atoms with van der Waals surface area (Å²) in [5.74, 6) is -0.499. The third-order valence-corrected chi connectivity index (χ3v) is 0.677. The van der Waals surface area contributed by atoms with E-state index in [-0.39, 0.29) is 13.2 Å². The molecule has 0 unspecified atom stereocenters. The Morgan fingerprint density at radius 2 is 2.22 bits per heavy atom. The highest BCUT2D eigenvalue weighted by atomic mass is 16.5. The highest BCUT2D eigenvalue weighted by molar-refractivity contribution is 5.74. The van der Waals surface area contributed by atoms with E-state index in [9.17, 15) is 9.90 Å². The van der Waals surface area contributed by atoms with Crippen LogP contribution in [-0.2, 0) is 14.6 Å². The van der Waals surface area contributed by atoms with Gasteiger partial charge in [0.15, 0.2) is 0 Å². The molecule has 1 radical (unpaired) electrons. The molecule has 0 spiro atoms. The van der Waals surface area contributed by atoms with Crippen LogP contribution in [0.4, 0.5) is 0 Å². The zero-order valence-electron chi connectivity index (χ0n) is 5.13. The third-order valence-electron chi connectivity index (χ3n) is 0.677. The second-order valence-electron chi connectivity index (χ2n) is 1.58. The number of primary amides is 1. The zero-order valence-corrected chi connectivity index (χ0v) is 5.13. The summed E-state index contributed by atoms with van der Waals surface area (Å²) in [5, 5.41) is 9.78. The van der Waals surface area contributed by atoms with Gasteiger partial charge in [-0.05, 0) is 6.42 Å². The number of rotatable bonds is 5. The van der Waals surface area contributed by atoms with Gasteiger partial charge in [-0.15, -0.1) is 0 Å². The quantitative estimate of drug-likeness (QED) is 0.503. The van der Waals surface area contributed by atoms with E-state index in [4.69, 9.17) is 5.73 Å². The van der Waals surface area contributed by atoms with Crippen molar-refractivity contribution >= 4 is 5.91 Å². The van der Waals surface area contributed by atoms with Gasteiger partial charge in [-0.2, -0.15) is 0 Å². The normalized spacial score (nSPS) is 9.44. The summed E-state index contributed by atoms with van der Waals surface area (Å²) >= 11 is 0. The van der Waals surface area contributed by atoms with Crippen LogP contribution in [0.15, 0.2) is 0 Å². The number of amides is 1. The van der Waals surface area contributed by atoms with Gasteiger partial charge in [0.25, 0.3) is 0 Å². The number of hydrogen-bond donors (Lipinski definition) is 1. The first kappa shape index (κ1) is 8.39. The van der Waals surface area contributed by atoms with Crippen LogP contribution in [0.25, 0.3) is 0 Å². The van der Waals surface area contributed by atoms with Crippen molar-refractivity contribution in [3.63, 3.8) is 0 Å². The van der Waals surface area contributed by atoms with Gasteiger partial charge in [0, 0.05) is 6.61 Å². The second-order valence-corrected chi connectivity index (χ2v) is 1.58. The van der Waals surface area contributed by atoms with Crippen molar-refractivity contribution in [1.29, 1.82) is 0 Å². The maximum Gasteiger partial charge on any atom is 0.243 e. The Kier molecular flexibility index (Phi) is 5.15. The smallest absolute Gasteiger partial charge is 0.243 e. The Bertz CT molecular complexity index is 84.3. The molecule has 0 aromatic rings. The molecule has 0 saturated carbocycles. The van der Waals surface area contributed by atoms with E-state index >= 15 is 0 Å². The standard InChI is InChI=1S/C5H10NO3/c6-5(8)4-9-3-1-2-7/h1-4H2,(H2,6,8). The Hall–Kier alpha value is -0.610. The molecule has 0 fully saturated rings. The van der Waals surface area contributed by atoms with Crippen LogP contribution in [0.1, 0.15) is 6.42 Å². The fourth-order valence-corrected chi connectivity index (χ4v) is 0.334. The molecule has 0 aliphatic rings. The van der Waals surface area contributed by atoms with Crippen LogP contribution < -0.4 is 5.73 Å². The van der Waals surface area contributed by atoms with Crippen molar-refractivity contribution in [1.82, 2.24) is 0 Å². The molecule has 0 aromatic carbocycles. The predicted molar refractivity (Wildman–Crippen MR) is 30.2 cm³/mol. The molecule has 1 amide bonds. The van der Waals surface area contributed by atoms with E-state index in [1.54, 1.807) is 0 Å². The fourth-order valence-electron chi connectivity index (χ4n) is 0.334. The van der Waals surface area contributed by atoms with Gasteiger partial charge in [0.05, 0.1) is 6.61 Å². The molecule has 53 valence electrons. The monoisotopic (exact) mass is 132 g/mol. The van der Waals surface area contributed by atoms with Gasteiger partial charge in [-0.3, -0.25) is 4.79 Å². The van der Waals surface area contributed by atoms with E-state index in [1.807, 2.05) is 0 Å². The Labute approximate surface area is 53.6 Å². The van der Waals surface area contributed by atoms with Gasteiger partial charge in [-0.1, -0.05) is 0 Å². The van der Waals surface area contributed by atoms with Crippen LogP contribution >= 0.6 is 0 Å². The van der Waals surface area contributed by atoms with Crippen molar-refractivity contribution in [3.8, 4) is 0 Å². The van der Waals surface area contributed by atoms with Crippen LogP contribution in [0, 0.1) is 0 Å². The maximum absolute atomic E-state index is 9.98. The van der Waals surface area contributed by atoms with E-state index in [1.165, 1.54) is 0 Å². The molecular formula is C5H10NO3. The summed E-state index contributed by atoms with van der Waals surface area (Å²) < 4.78 is 4.66. The van der Waals surface area contributed by atoms with Gasteiger partial charge >= 0.3 is 0 Å². The number of carbonyl (C=O) groups excluding carboxylic acids is 1. The maximum atomic E-state index is 9.98. The van der Waals surface area contributed by atoms with Crippen molar-refractivity contribution in [2.24, 2.45) is 5.73 Å². The van der Waals surface area contributed by atoms with Crippen LogP contribution in [0.3, 0.4) is 0 Å². The van der Waals surface area contributed by atoms with Crippen molar-refractivity contribution < 1.29 is 14.6 Å². The summed E-state index contributed by atoms with van der Waals surface area (Å²) in [6.45, 7) is 0.0746. The average molecular weight is 132 g/mol. The molecule has 0 aliphatic heterocycles. The van der Waals surface area contributed by atoms with Crippen LogP contribution in [0.5, 0.6) is 0 Å². The van der Waals surface area contributed by atoms with Crippen LogP contribution in [0.2, 0.25) is 0 Å². The Morgan fingerprint density at radius 1 is 1.56 bits per heavy atom. The summed E-state index contributed by atoms with van der Waals surface area (Å²) in [6.07, 6.45) is 0.438. The number of hydrogen-bond acceptors (Lipinski definition) is 2. The third kappa shape index (κ3) is 7.39. The summed E-state index contributed by atoms with van der Waals surface area (Å²) in [6, 6.07) is 0. The molecule has 0 saturated heterocycles. The van der Waals surface area contributed by atoms with E-state index in [2.05, 4.69) is 4.74 Å². The molecule has 2 N–H and O–H groups in total. The summed E-state index contributed by atoms with van der Waals surface area (Å²) in [7, 11) is 0. The first-order valence-corrected chi connectivity index (χ1v) is 2.71. The molecule has 0 aromatic heterocycles. The minimum atomic E-state index is -0.499. The summed E-state index contributed by atoms with van der Waals surface area (Å²) in [5.41, 5.74) is 4.73. The number of ether oxygens (including phenoxy) is 1. The molecule has 0 atom stereocenters. The van der Waals surface area contributed by atoms with Crippen molar-refractivity contribution in [2.45, 2.75) is 6.42 Å². The largest absolute Gasteiger partial charge is 0.372 e. The van der Waals surface area contributed by atoms with Gasteiger partial charge < -0.3 is 10.5 Å². The second kappa shape index (κ2) is 5.53. The lowest BCUT2D eigenvalue weighted by Gasteiger charge is -1.96. The zero-order chi connectivity index (χ0) is 7.11. The molecule has 9 heavy (non-hydrogen) atoms. The molecule has 0 rings (SSSR count). The van der Waals surface area contributed by atoms with Crippen molar-refractivity contribution in [2.75, 3.05) is 19.8 Å². The van der Waals surface area contributed by atoms with E-state index < -0.39 is 5.91 Å². The number of carbonyl (C=O) groups is 1. The Balaban J connectivity index is 2.83. The molecule has 0 bridgehead atoms. The fraction of sp³-hybridized carbons (Fsp3) is 0.800. The average Bonchev–Trinajstić information content (AvgIpc) is 1.80. The highest BCUT2D eigenvalue weighted by Crippen LogP contribution is 1.78. The molecule has 4 nitrogen and oxygen atoms in total. The molecule has 0 aliphatic carbocycles. The van der Waals surface area contributed by atoms with Gasteiger partial charge in [0.1, 0.15) is 6.61 Å². The summed E-state index contributed by atoms with van der Waals surface area (Å²) in [4.78, 5) is 9.98. The van der Waals surface area contributed by atoms with Crippen molar-refractivity contribution in [3.05, 3.63) is 0 Å². The van der Waals surface area contributed by atoms with Gasteiger partial charge in [-0.25, -0.2) is 5.11 Å².